The maximum Gasteiger partial charge on any atom is 0.0945 e. The Hall–Kier alpha value is -1.32. The summed E-state index contributed by atoms with van der Waals surface area (Å²) < 4.78 is 2.11. The molecule has 1 aromatic carbocycles. The molecule has 0 spiro atoms. The lowest BCUT2D eigenvalue weighted by Gasteiger charge is -2.13. The van der Waals surface area contributed by atoms with E-state index in [4.69, 9.17) is 0 Å². The fraction of sp³-hybridized carbons (Fsp3) is 0.400. The zero-order chi connectivity index (χ0) is 12.6. The van der Waals surface area contributed by atoms with Crippen molar-refractivity contribution in [1.29, 1.82) is 0 Å². The van der Waals surface area contributed by atoms with Gasteiger partial charge in [0.15, 0.2) is 0 Å². The van der Waals surface area contributed by atoms with E-state index in [1.54, 1.807) is 0 Å². The number of imidazole rings is 1. The zero-order valence-corrected chi connectivity index (χ0v) is 12.1. The molecule has 0 saturated heterocycles. The highest BCUT2D eigenvalue weighted by Gasteiger charge is 2.03. The molecule has 19 heavy (non-hydrogen) atoms. The number of rotatable bonds is 7. The molecule has 1 atom stereocenters. The summed E-state index contributed by atoms with van der Waals surface area (Å²) in [7, 11) is 0. The molecular weight excluding hydrogens is 258 g/mol. The summed E-state index contributed by atoms with van der Waals surface area (Å²) in [6.45, 7) is 5.38. The van der Waals surface area contributed by atoms with Crippen molar-refractivity contribution < 1.29 is 0 Å². The molecule has 104 valence electrons. The molecule has 0 bridgehead atoms. The van der Waals surface area contributed by atoms with E-state index in [0.717, 1.165) is 26.1 Å². The average molecular weight is 280 g/mol. The molecule has 0 aliphatic carbocycles. The van der Waals surface area contributed by atoms with Crippen LogP contribution < -0.4 is 5.32 Å². The number of aromatic nitrogens is 2. The summed E-state index contributed by atoms with van der Waals surface area (Å²) >= 11 is 0. The molecular formula is C15H22ClN3. The third kappa shape index (κ3) is 5.45. The minimum Gasteiger partial charge on any atom is -0.337 e. The lowest BCUT2D eigenvalue weighted by molar-refractivity contribution is 0.556. The van der Waals surface area contributed by atoms with Gasteiger partial charge >= 0.3 is 0 Å². The van der Waals surface area contributed by atoms with Gasteiger partial charge in [0.1, 0.15) is 0 Å². The molecule has 0 amide bonds. The van der Waals surface area contributed by atoms with Gasteiger partial charge < -0.3 is 9.88 Å². The smallest absolute Gasteiger partial charge is 0.0945 e. The van der Waals surface area contributed by atoms with Gasteiger partial charge in [-0.1, -0.05) is 37.3 Å². The molecule has 0 fully saturated rings. The molecule has 1 N–H and O–H groups in total. The van der Waals surface area contributed by atoms with E-state index >= 15 is 0 Å². The quantitative estimate of drug-likeness (QED) is 0.790. The number of aryl methyl sites for hydroxylation is 1. The van der Waals surface area contributed by atoms with Crippen molar-refractivity contribution in [1.82, 2.24) is 14.9 Å². The Morgan fingerprint density at radius 3 is 2.74 bits per heavy atom. The van der Waals surface area contributed by atoms with E-state index in [9.17, 15) is 0 Å². The predicted octanol–water partition coefficient (Wildman–Crippen LogP) is 3.09. The van der Waals surface area contributed by atoms with Crippen LogP contribution in [0.3, 0.4) is 0 Å². The number of nitrogens with one attached hydrogen (secondary N) is 1. The SMILES string of the molecule is CC(CNCCCn1ccnc1)c1ccccc1.Cl. The third-order valence-corrected chi connectivity index (χ3v) is 3.15. The van der Waals surface area contributed by atoms with Gasteiger partial charge in [-0.3, -0.25) is 0 Å². The predicted molar refractivity (Wildman–Crippen MR) is 81.8 cm³/mol. The zero-order valence-electron chi connectivity index (χ0n) is 11.3. The summed E-state index contributed by atoms with van der Waals surface area (Å²) in [5.74, 6) is 0.569. The van der Waals surface area contributed by atoms with Gasteiger partial charge in [0.25, 0.3) is 0 Å². The maximum absolute atomic E-state index is 4.03. The first-order chi connectivity index (χ1) is 8.86. The van der Waals surface area contributed by atoms with Crippen molar-refractivity contribution in [3.8, 4) is 0 Å². The van der Waals surface area contributed by atoms with E-state index in [2.05, 4.69) is 52.1 Å². The van der Waals surface area contributed by atoms with Crippen LogP contribution in [0.1, 0.15) is 24.8 Å². The minimum absolute atomic E-state index is 0. The first-order valence-corrected chi connectivity index (χ1v) is 6.57. The van der Waals surface area contributed by atoms with Crippen LogP contribution >= 0.6 is 12.4 Å². The molecule has 1 heterocycles. The second kappa shape index (κ2) is 8.73. The number of hydrogen-bond donors (Lipinski definition) is 1. The number of nitrogens with zero attached hydrogens (tertiary/aromatic N) is 2. The highest BCUT2D eigenvalue weighted by molar-refractivity contribution is 5.85. The van der Waals surface area contributed by atoms with Crippen molar-refractivity contribution in [2.75, 3.05) is 13.1 Å². The second-order valence-corrected chi connectivity index (χ2v) is 4.67. The van der Waals surface area contributed by atoms with Crippen molar-refractivity contribution in [3.63, 3.8) is 0 Å². The first kappa shape index (κ1) is 15.7. The van der Waals surface area contributed by atoms with Gasteiger partial charge in [-0.05, 0) is 24.4 Å². The van der Waals surface area contributed by atoms with Crippen molar-refractivity contribution in [2.24, 2.45) is 0 Å². The Balaban J connectivity index is 0.00000180. The highest BCUT2D eigenvalue weighted by Crippen LogP contribution is 2.12. The topological polar surface area (TPSA) is 29.9 Å². The van der Waals surface area contributed by atoms with Crippen LogP contribution in [0.15, 0.2) is 49.1 Å². The molecule has 0 radical (unpaired) electrons. The molecule has 1 unspecified atom stereocenters. The van der Waals surface area contributed by atoms with E-state index < -0.39 is 0 Å². The van der Waals surface area contributed by atoms with Gasteiger partial charge in [-0.15, -0.1) is 12.4 Å². The van der Waals surface area contributed by atoms with Gasteiger partial charge in [-0.25, -0.2) is 4.98 Å². The van der Waals surface area contributed by atoms with Crippen LogP contribution in [0.2, 0.25) is 0 Å². The van der Waals surface area contributed by atoms with Gasteiger partial charge in [0, 0.05) is 25.5 Å². The van der Waals surface area contributed by atoms with Gasteiger partial charge in [0.05, 0.1) is 6.33 Å². The van der Waals surface area contributed by atoms with E-state index in [0.29, 0.717) is 5.92 Å². The standard InChI is InChI=1S/C15H21N3.ClH/c1-14(15-6-3-2-4-7-15)12-16-8-5-10-18-11-9-17-13-18;/h2-4,6-7,9,11,13-14,16H,5,8,10,12H2,1H3;1H. The molecule has 1 aromatic heterocycles. The Bertz CT molecular complexity index is 428. The molecule has 0 saturated carbocycles. The second-order valence-electron chi connectivity index (χ2n) is 4.67. The summed E-state index contributed by atoms with van der Waals surface area (Å²) in [6.07, 6.45) is 6.84. The van der Waals surface area contributed by atoms with E-state index in [-0.39, 0.29) is 12.4 Å². The fourth-order valence-corrected chi connectivity index (χ4v) is 2.02. The minimum atomic E-state index is 0. The number of benzene rings is 1. The summed E-state index contributed by atoms with van der Waals surface area (Å²) in [6, 6.07) is 10.7. The van der Waals surface area contributed by atoms with Crippen LogP contribution in [0.5, 0.6) is 0 Å². The largest absolute Gasteiger partial charge is 0.337 e. The van der Waals surface area contributed by atoms with Crippen LogP contribution in [0.4, 0.5) is 0 Å². The normalized spacial score (nSPS) is 11.8. The molecule has 2 rings (SSSR count). The van der Waals surface area contributed by atoms with Crippen molar-refractivity contribution in [3.05, 3.63) is 54.6 Å². The Kier molecular flexibility index (Phi) is 7.23. The number of halogens is 1. The monoisotopic (exact) mass is 279 g/mol. The van der Waals surface area contributed by atoms with Crippen LogP contribution in [0, 0.1) is 0 Å². The maximum atomic E-state index is 4.03. The van der Waals surface area contributed by atoms with Crippen LogP contribution in [-0.4, -0.2) is 22.6 Å². The lowest BCUT2D eigenvalue weighted by Crippen LogP contribution is -2.22. The van der Waals surface area contributed by atoms with Gasteiger partial charge in [-0.2, -0.15) is 0 Å². The third-order valence-electron chi connectivity index (χ3n) is 3.15. The first-order valence-electron chi connectivity index (χ1n) is 6.57. The molecule has 2 aromatic rings. The highest BCUT2D eigenvalue weighted by atomic mass is 35.5. The molecule has 4 heteroatoms. The van der Waals surface area contributed by atoms with E-state index in [1.807, 2.05) is 18.7 Å². The average Bonchev–Trinajstić information content (AvgIpc) is 2.92. The lowest BCUT2D eigenvalue weighted by atomic mass is 10.0. The van der Waals surface area contributed by atoms with Crippen molar-refractivity contribution in [2.45, 2.75) is 25.8 Å². The van der Waals surface area contributed by atoms with Crippen molar-refractivity contribution >= 4 is 12.4 Å². The molecule has 3 nitrogen and oxygen atoms in total. The Morgan fingerprint density at radius 1 is 1.26 bits per heavy atom. The van der Waals surface area contributed by atoms with Gasteiger partial charge in [0.2, 0.25) is 0 Å². The summed E-state index contributed by atoms with van der Waals surface area (Å²) in [5, 5.41) is 3.51. The summed E-state index contributed by atoms with van der Waals surface area (Å²) in [5.41, 5.74) is 1.40. The Morgan fingerprint density at radius 2 is 2.05 bits per heavy atom. The van der Waals surface area contributed by atoms with Crippen LogP contribution in [0.25, 0.3) is 0 Å². The Labute approximate surface area is 121 Å². The van der Waals surface area contributed by atoms with Crippen LogP contribution in [-0.2, 0) is 6.54 Å². The molecule has 0 aliphatic rings. The molecule has 0 aliphatic heterocycles. The number of hydrogen-bond acceptors (Lipinski definition) is 2. The van der Waals surface area contributed by atoms with E-state index in [1.165, 1.54) is 5.56 Å². The summed E-state index contributed by atoms with van der Waals surface area (Å²) in [4.78, 5) is 4.03. The fourth-order valence-electron chi connectivity index (χ4n) is 2.02.